The van der Waals surface area contributed by atoms with E-state index in [9.17, 15) is 8.42 Å². The van der Waals surface area contributed by atoms with Crippen LogP contribution in [-0.2, 0) is 17.1 Å². The van der Waals surface area contributed by atoms with E-state index >= 15 is 0 Å². The molecule has 18 heavy (non-hydrogen) atoms. The molecule has 0 bridgehead atoms. The van der Waals surface area contributed by atoms with Crippen molar-refractivity contribution in [1.29, 1.82) is 0 Å². The van der Waals surface area contributed by atoms with Gasteiger partial charge in [0.1, 0.15) is 4.90 Å². The summed E-state index contributed by atoms with van der Waals surface area (Å²) < 4.78 is 27.8. The van der Waals surface area contributed by atoms with Gasteiger partial charge in [0.2, 0.25) is 10.0 Å². The van der Waals surface area contributed by atoms with Gasteiger partial charge in [0.05, 0.1) is 6.20 Å². The largest absolute Gasteiger partial charge is 0.328 e. The van der Waals surface area contributed by atoms with Gasteiger partial charge in [-0.3, -0.25) is 4.68 Å². The average Bonchev–Trinajstić information content (AvgIpc) is 2.77. The summed E-state index contributed by atoms with van der Waals surface area (Å²) in [6.45, 7) is 3.01. The van der Waals surface area contributed by atoms with Crippen LogP contribution in [0.2, 0.25) is 0 Å². The lowest BCUT2D eigenvalue weighted by Crippen LogP contribution is -2.44. The van der Waals surface area contributed by atoms with Crippen molar-refractivity contribution in [3.8, 4) is 0 Å². The zero-order valence-corrected chi connectivity index (χ0v) is 11.6. The molecule has 0 aromatic carbocycles. The normalized spacial score (nSPS) is 24.1. The van der Waals surface area contributed by atoms with Crippen LogP contribution in [0.4, 0.5) is 0 Å². The Morgan fingerprint density at radius 2 is 2.28 bits per heavy atom. The lowest BCUT2D eigenvalue weighted by atomic mass is 9.93. The number of sulfonamides is 1. The number of aryl methyl sites for hydroxylation is 1. The first-order chi connectivity index (χ1) is 8.41. The molecule has 0 radical (unpaired) electrons. The minimum absolute atomic E-state index is 0.0249. The standard InChI is InChI=1S/C11H20N4O2S/c1-9(12)10-4-3-5-15(7-10)18(16,17)11-6-13-14(2)8-11/h6,8-10H,3-5,7,12H2,1-2H3. The van der Waals surface area contributed by atoms with Crippen molar-refractivity contribution in [3.05, 3.63) is 12.4 Å². The molecule has 2 unspecified atom stereocenters. The molecule has 0 saturated carbocycles. The summed E-state index contributed by atoms with van der Waals surface area (Å²) in [7, 11) is -1.70. The molecule has 1 aromatic rings. The lowest BCUT2D eigenvalue weighted by Gasteiger charge is -2.33. The molecule has 7 heteroatoms. The number of nitrogens with two attached hydrogens (primary N) is 1. The Morgan fingerprint density at radius 1 is 1.56 bits per heavy atom. The van der Waals surface area contributed by atoms with Crippen molar-refractivity contribution in [1.82, 2.24) is 14.1 Å². The van der Waals surface area contributed by atoms with Gasteiger partial charge in [-0.25, -0.2) is 8.42 Å². The summed E-state index contributed by atoms with van der Waals surface area (Å²) >= 11 is 0. The maximum absolute atomic E-state index is 12.4. The van der Waals surface area contributed by atoms with Crippen molar-refractivity contribution in [2.75, 3.05) is 13.1 Å². The third-order valence-corrected chi connectivity index (χ3v) is 5.30. The van der Waals surface area contributed by atoms with Crippen molar-refractivity contribution in [2.24, 2.45) is 18.7 Å². The number of hydrogen-bond acceptors (Lipinski definition) is 4. The monoisotopic (exact) mass is 272 g/mol. The Kier molecular flexibility index (Phi) is 3.74. The fourth-order valence-corrected chi connectivity index (χ4v) is 3.82. The Bertz CT molecular complexity index is 509. The van der Waals surface area contributed by atoms with Crippen LogP contribution >= 0.6 is 0 Å². The van der Waals surface area contributed by atoms with Crippen molar-refractivity contribution >= 4 is 10.0 Å². The number of piperidine rings is 1. The first-order valence-electron chi connectivity index (χ1n) is 6.15. The van der Waals surface area contributed by atoms with Crippen LogP contribution in [0, 0.1) is 5.92 Å². The molecule has 0 amide bonds. The van der Waals surface area contributed by atoms with Gasteiger partial charge in [0, 0.05) is 32.4 Å². The summed E-state index contributed by atoms with van der Waals surface area (Å²) in [5.74, 6) is 0.241. The number of rotatable bonds is 3. The zero-order chi connectivity index (χ0) is 13.3. The number of aromatic nitrogens is 2. The highest BCUT2D eigenvalue weighted by atomic mass is 32.2. The Hall–Kier alpha value is -0.920. The Balaban J connectivity index is 2.20. The van der Waals surface area contributed by atoms with E-state index in [1.54, 1.807) is 7.05 Å². The van der Waals surface area contributed by atoms with E-state index in [0.29, 0.717) is 13.1 Å². The molecule has 102 valence electrons. The molecule has 2 atom stereocenters. The van der Waals surface area contributed by atoms with Crippen LogP contribution in [0.1, 0.15) is 19.8 Å². The van der Waals surface area contributed by atoms with Gasteiger partial charge >= 0.3 is 0 Å². The second-order valence-electron chi connectivity index (χ2n) is 4.97. The Labute approximate surface area is 108 Å². The van der Waals surface area contributed by atoms with E-state index in [0.717, 1.165) is 12.8 Å². The van der Waals surface area contributed by atoms with E-state index in [-0.39, 0.29) is 16.9 Å². The second kappa shape index (κ2) is 4.99. The summed E-state index contributed by atoms with van der Waals surface area (Å²) in [5.41, 5.74) is 5.88. The zero-order valence-electron chi connectivity index (χ0n) is 10.8. The highest BCUT2D eigenvalue weighted by Crippen LogP contribution is 2.24. The maximum atomic E-state index is 12.4. The molecule has 1 aliphatic rings. The van der Waals surface area contributed by atoms with Crippen LogP contribution in [0.25, 0.3) is 0 Å². The highest BCUT2D eigenvalue weighted by molar-refractivity contribution is 7.89. The molecular weight excluding hydrogens is 252 g/mol. The summed E-state index contributed by atoms with van der Waals surface area (Å²) in [4.78, 5) is 0.260. The van der Waals surface area contributed by atoms with Crippen LogP contribution in [0.15, 0.2) is 17.3 Å². The molecule has 6 nitrogen and oxygen atoms in total. The quantitative estimate of drug-likeness (QED) is 0.850. The molecule has 1 saturated heterocycles. The van der Waals surface area contributed by atoms with Gasteiger partial charge in [0.15, 0.2) is 0 Å². The first kappa shape index (κ1) is 13.5. The predicted octanol–water partition coefficient (Wildman–Crippen LogP) is 0.168. The van der Waals surface area contributed by atoms with Gasteiger partial charge in [-0.05, 0) is 25.7 Å². The number of nitrogens with zero attached hydrogens (tertiary/aromatic N) is 3. The molecule has 2 rings (SSSR count). The van der Waals surface area contributed by atoms with Gasteiger partial charge in [-0.2, -0.15) is 9.40 Å². The SMILES string of the molecule is CC(N)C1CCCN(S(=O)(=O)c2cnn(C)c2)C1. The maximum Gasteiger partial charge on any atom is 0.246 e. The molecule has 2 heterocycles. The van der Waals surface area contributed by atoms with Gasteiger partial charge in [-0.15, -0.1) is 0 Å². The molecule has 1 aromatic heterocycles. The highest BCUT2D eigenvalue weighted by Gasteiger charge is 2.32. The van der Waals surface area contributed by atoms with Crippen LogP contribution in [0.3, 0.4) is 0 Å². The first-order valence-corrected chi connectivity index (χ1v) is 7.59. The Morgan fingerprint density at radius 3 is 2.83 bits per heavy atom. The van der Waals surface area contributed by atoms with Gasteiger partial charge in [0.25, 0.3) is 0 Å². The van der Waals surface area contributed by atoms with Gasteiger partial charge in [-0.1, -0.05) is 0 Å². The second-order valence-corrected chi connectivity index (χ2v) is 6.91. The van der Waals surface area contributed by atoms with Crippen molar-refractivity contribution < 1.29 is 8.42 Å². The summed E-state index contributed by atoms with van der Waals surface area (Å²) in [6.07, 6.45) is 4.79. The minimum atomic E-state index is -3.41. The van der Waals surface area contributed by atoms with E-state index in [1.165, 1.54) is 21.4 Å². The fourth-order valence-electron chi connectivity index (χ4n) is 2.30. The average molecular weight is 272 g/mol. The third-order valence-electron chi connectivity index (χ3n) is 3.48. The summed E-state index contributed by atoms with van der Waals surface area (Å²) in [5, 5.41) is 3.92. The van der Waals surface area contributed by atoms with Crippen LogP contribution in [-0.4, -0.2) is 41.6 Å². The fraction of sp³-hybridized carbons (Fsp3) is 0.727. The lowest BCUT2D eigenvalue weighted by molar-refractivity contribution is 0.243. The molecule has 0 spiro atoms. The van der Waals surface area contributed by atoms with Crippen molar-refractivity contribution in [3.63, 3.8) is 0 Å². The van der Waals surface area contributed by atoms with E-state index in [2.05, 4.69) is 5.10 Å². The molecule has 1 fully saturated rings. The third kappa shape index (κ3) is 2.57. The summed E-state index contributed by atoms with van der Waals surface area (Å²) in [6, 6.07) is 0.0249. The van der Waals surface area contributed by atoms with Gasteiger partial charge < -0.3 is 5.73 Å². The molecule has 2 N–H and O–H groups in total. The molecular formula is C11H20N4O2S. The number of hydrogen-bond donors (Lipinski definition) is 1. The molecule has 1 aliphatic heterocycles. The van der Waals surface area contributed by atoms with Crippen molar-refractivity contribution in [2.45, 2.75) is 30.7 Å². The minimum Gasteiger partial charge on any atom is -0.328 e. The van der Waals surface area contributed by atoms with E-state index < -0.39 is 10.0 Å². The van der Waals surface area contributed by atoms with E-state index in [1.807, 2.05) is 6.92 Å². The molecule has 0 aliphatic carbocycles. The smallest absolute Gasteiger partial charge is 0.246 e. The topological polar surface area (TPSA) is 81.2 Å². The van der Waals surface area contributed by atoms with Crippen LogP contribution < -0.4 is 5.73 Å². The van der Waals surface area contributed by atoms with E-state index in [4.69, 9.17) is 5.73 Å². The predicted molar refractivity (Wildman–Crippen MR) is 68.3 cm³/mol. The van der Waals surface area contributed by atoms with Crippen LogP contribution in [0.5, 0.6) is 0 Å².